The molecule has 2 rings (SSSR count). The van der Waals surface area contributed by atoms with Crippen molar-refractivity contribution in [1.29, 1.82) is 0 Å². The minimum atomic E-state index is -2.92. The monoisotopic (exact) mass is 350 g/mol. The Morgan fingerprint density at radius 3 is 2.57 bits per heavy atom. The van der Waals surface area contributed by atoms with Gasteiger partial charge >= 0.3 is 6.61 Å². The lowest BCUT2D eigenvalue weighted by Gasteiger charge is -2.33. The van der Waals surface area contributed by atoms with Gasteiger partial charge in [0.25, 0.3) is 0 Å². The van der Waals surface area contributed by atoms with Gasteiger partial charge in [0.2, 0.25) is 5.91 Å². The molecule has 0 saturated carbocycles. The van der Waals surface area contributed by atoms with E-state index in [-0.39, 0.29) is 24.1 Å². The molecule has 0 aliphatic carbocycles. The van der Waals surface area contributed by atoms with Crippen LogP contribution in [0.2, 0.25) is 0 Å². The van der Waals surface area contributed by atoms with Crippen LogP contribution in [0, 0.1) is 0 Å². The maximum absolute atomic E-state index is 12.4. The molecule has 5 nitrogen and oxygen atoms in total. The van der Waals surface area contributed by atoms with Crippen LogP contribution in [0.3, 0.4) is 0 Å². The van der Waals surface area contributed by atoms with Gasteiger partial charge in [0.05, 0.1) is 11.6 Å². The molecule has 1 amide bonds. The molecule has 0 aromatic heterocycles. The lowest BCUT2D eigenvalue weighted by molar-refractivity contribution is -0.130. The summed E-state index contributed by atoms with van der Waals surface area (Å²) in [7, 11) is 0. The Hall–Kier alpha value is -1.44. The summed E-state index contributed by atoms with van der Waals surface area (Å²) in [5.74, 6) is -0.265. The van der Waals surface area contributed by atoms with Gasteiger partial charge in [0, 0.05) is 18.8 Å². The summed E-state index contributed by atoms with van der Waals surface area (Å²) in [5, 5.41) is 2.78. The predicted octanol–water partition coefficient (Wildman–Crippen LogP) is 2.39. The van der Waals surface area contributed by atoms with E-state index in [4.69, 9.17) is 10.5 Å². The lowest BCUT2D eigenvalue weighted by atomic mass is 9.90. The van der Waals surface area contributed by atoms with E-state index >= 15 is 0 Å². The zero-order valence-corrected chi connectivity index (χ0v) is 13.6. The Bertz CT molecular complexity index is 525. The maximum Gasteiger partial charge on any atom is 0.387 e. The molecule has 0 bridgehead atoms. The van der Waals surface area contributed by atoms with Gasteiger partial charge in [0.15, 0.2) is 0 Å². The van der Waals surface area contributed by atoms with Gasteiger partial charge in [0.1, 0.15) is 5.75 Å². The van der Waals surface area contributed by atoms with Crippen LogP contribution in [-0.2, 0) is 9.53 Å². The van der Waals surface area contributed by atoms with Gasteiger partial charge in [-0.1, -0.05) is 18.2 Å². The van der Waals surface area contributed by atoms with Crippen molar-refractivity contribution in [2.45, 2.75) is 38.0 Å². The molecule has 3 N–H and O–H groups in total. The van der Waals surface area contributed by atoms with Crippen molar-refractivity contribution < 1.29 is 23.0 Å². The third kappa shape index (κ3) is 5.02. The maximum atomic E-state index is 12.4. The van der Waals surface area contributed by atoms with E-state index in [1.165, 1.54) is 6.07 Å². The lowest BCUT2D eigenvalue weighted by Crippen LogP contribution is -2.57. The van der Waals surface area contributed by atoms with Gasteiger partial charge in [-0.25, -0.2) is 0 Å². The Labute approximate surface area is 139 Å². The summed E-state index contributed by atoms with van der Waals surface area (Å²) < 4.78 is 34.6. The number of carbonyl (C=O) groups is 1. The standard InChI is InChI=1S/C15H20F2N2O3.ClH/c1-10(11-4-2-3-5-12(11)22-14(16)17)19-13(20)15(18)6-8-21-9-7-15;/h2-5,10,14H,6-9,18H2,1H3,(H,19,20);1H. The summed E-state index contributed by atoms with van der Waals surface area (Å²) in [6.45, 7) is -0.346. The fraction of sp³-hybridized carbons (Fsp3) is 0.533. The van der Waals surface area contributed by atoms with Gasteiger partial charge < -0.3 is 20.5 Å². The summed E-state index contributed by atoms with van der Waals surface area (Å²) in [4.78, 5) is 12.4. The van der Waals surface area contributed by atoms with E-state index in [2.05, 4.69) is 10.1 Å². The van der Waals surface area contributed by atoms with E-state index < -0.39 is 18.2 Å². The highest BCUT2D eigenvalue weighted by molar-refractivity contribution is 5.86. The average molecular weight is 351 g/mol. The molecule has 1 aliphatic heterocycles. The molecule has 1 heterocycles. The molecule has 0 radical (unpaired) electrons. The van der Waals surface area contributed by atoms with Gasteiger partial charge in [-0.05, 0) is 25.8 Å². The van der Waals surface area contributed by atoms with Crippen molar-refractivity contribution in [3.8, 4) is 5.75 Å². The van der Waals surface area contributed by atoms with Crippen LogP contribution in [-0.4, -0.2) is 31.3 Å². The first-order valence-corrected chi connectivity index (χ1v) is 7.14. The second-order valence-electron chi connectivity index (χ2n) is 5.38. The zero-order chi connectivity index (χ0) is 16.2. The van der Waals surface area contributed by atoms with E-state index in [1.54, 1.807) is 25.1 Å². The van der Waals surface area contributed by atoms with E-state index in [9.17, 15) is 13.6 Å². The second kappa shape index (κ2) is 8.42. The highest BCUT2D eigenvalue weighted by Crippen LogP contribution is 2.27. The first-order chi connectivity index (χ1) is 10.4. The minimum Gasteiger partial charge on any atom is -0.434 e. The number of nitrogens with one attached hydrogen (secondary N) is 1. The number of halogens is 3. The SMILES string of the molecule is CC(NC(=O)C1(N)CCOCC1)c1ccccc1OC(F)F.Cl. The molecule has 1 saturated heterocycles. The number of alkyl halides is 2. The molecule has 0 spiro atoms. The zero-order valence-electron chi connectivity index (χ0n) is 12.8. The van der Waals surface area contributed by atoms with E-state index in [0.29, 0.717) is 31.6 Å². The molecular formula is C15H21ClF2N2O3. The molecule has 1 aliphatic rings. The van der Waals surface area contributed by atoms with Crippen LogP contribution < -0.4 is 15.8 Å². The molecule has 1 fully saturated rings. The Morgan fingerprint density at radius 2 is 1.96 bits per heavy atom. The summed E-state index contributed by atoms with van der Waals surface area (Å²) in [5.41, 5.74) is 5.60. The number of nitrogens with two attached hydrogens (primary N) is 1. The van der Waals surface area contributed by atoms with E-state index in [1.807, 2.05) is 0 Å². The Kier molecular flexibility index (Phi) is 7.18. The van der Waals surface area contributed by atoms with Crippen LogP contribution in [0.15, 0.2) is 24.3 Å². The number of carbonyl (C=O) groups excluding carboxylic acids is 1. The molecule has 1 atom stereocenters. The molecular weight excluding hydrogens is 330 g/mol. The minimum absolute atomic E-state index is 0. The predicted molar refractivity (Wildman–Crippen MR) is 83.9 cm³/mol. The van der Waals surface area contributed by atoms with Gasteiger partial charge in [-0.2, -0.15) is 8.78 Å². The number of para-hydroxylation sites is 1. The number of rotatable bonds is 5. The summed E-state index contributed by atoms with van der Waals surface area (Å²) in [6, 6.07) is 5.87. The van der Waals surface area contributed by atoms with Crippen molar-refractivity contribution >= 4 is 18.3 Å². The number of benzene rings is 1. The number of ether oxygens (including phenoxy) is 2. The van der Waals surface area contributed by atoms with Gasteiger partial charge in [-0.3, -0.25) is 4.79 Å². The van der Waals surface area contributed by atoms with Crippen LogP contribution in [0.4, 0.5) is 8.78 Å². The third-order valence-electron chi connectivity index (χ3n) is 3.79. The van der Waals surface area contributed by atoms with Crippen molar-refractivity contribution in [3.05, 3.63) is 29.8 Å². The van der Waals surface area contributed by atoms with Gasteiger partial charge in [-0.15, -0.1) is 12.4 Å². The Morgan fingerprint density at radius 1 is 1.35 bits per heavy atom. The highest BCUT2D eigenvalue weighted by Gasteiger charge is 2.36. The number of amides is 1. The molecule has 1 aromatic rings. The quantitative estimate of drug-likeness (QED) is 0.855. The smallest absolute Gasteiger partial charge is 0.387 e. The molecule has 8 heteroatoms. The molecule has 130 valence electrons. The molecule has 1 aromatic carbocycles. The summed E-state index contributed by atoms with van der Waals surface area (Å²) >= 11 is 0. The first kappa shape index (κ1) is 19.6. The third-order valence-corrected chi connectivity index (χ3v) is 3.79. The number of hydrogen-bond acceptors (Lipinski definition) is 4. The van der Waals surface area contributed by atoms with Crippen LogP contribution in [0.5, 0.6) is 5.75 Å². The van der Waals surface area contributed by atoms with Crippen molar-refractivity contribution in [3.63, 3.8) is 0 Å². The van der Waals surface area contributed by atoms with E-state index in [0.717, 1.165) is 0 Å². The topological polar surface area (TPSA) is 73.6 Å². The van der Waals surface area contributed by atoms with Crippen molar-refractivity contribution in [2.75, 3.05) is 13.2 Å². The highest BCUT2D eigenvalue weighted by atomic mass is 35.5. The Balaban J connectivity index is 0.00000264. The van der Waals surface area contributed by atoms with Crippen LogP contribution in [0.1, 0.15) is 31.4 Å². The largest absolute Gasteiger partial charge is 0.434 e. The number of hydrogen-bond donors (Lipinski definition) is 2. The second-order valence-corrected chi connectivity index (χ2v) is 5.38. The molecule has 23 heavy (non-hydrogen) atoms. The van der Waals surface area contributed by atoms with Crippen LogP contribution in [0.25, 0.3) is 0 Å². The first-order valence-electron chi connectivity index (χ1n) is 7.14. The van der Waals surface area contributed by atoms with Crippen LogP contribution >= 0.6 is 12.4 Å². The van der Waals surface area contributed by atoms with Crippen molar-refractivity contribution in [1.82, 2.24) is 5.32 Å². The normalized spacial score (nSPS) is 18.0. The summed E-state index contributed by atoms with van der Waals surface area (Å²) in [6.07, 6.45) is 0.863. The fourth-order valence-corrected chi connectivity index (χ4v) is 2.42. The van der Waals surface area contributed by atoms with Crippen molar-refractivity contribution in [2.24, 2.45) is 5.73 Å². The average Bonchev–Trinajstić information content (AvgIpc) is 2.47. The fourth-order valence-electron chi connectivity index (χ4n) is 2.42. The molecule has 1 unspecified atom stereocenters.